The molecule has 184 valence electrons. The van der Waals surface area contributed by atoms with E-state index in [0.29, 0.717) is 0 Å². The summed E-state index contributed by atoms with van der Waals surface area (Å²) in [6.45, 7) is 8.54. The highest BCUT2D eigenvalue weighted by atomic mass is 31.2. The van der Waals surface area contributed by atoms with Crippen LogP contribution < -0.4 is 14.4 Å². The summed E-state index contributed by atoms with van der Waals surface area (Å²) in [6.07, 6.45) is 2.15. The van der Waals surface area contributed by atoms with Crippen molar-refractivity contribution >= 4 is 26.6 Å². The predicted molar refractivity (Wildman–Crippen MR) is 150 cm³/mol. The lowest BCUT2D eigenvalue weighted by Crippen LogP contribution is -2.46. The Labute approximate surface area is 211 Å². The Balaban J connectivity index is 1.70. The highest BCUT2D eigenvalue weighted by Crippen LogP contribution is 2.63. The number of nitrogens with zero attached hydrogens (tertiary/aromatic N) is 2. The van der Waals surface area contributed by atoms with Crippen LogP contribution >= 0.6 is 7.67 Å². The van der Waals surface area contributed by atoms with Crippen molar-refractivity contribution in [2.75, 3.05) is 17.8 Å². The summed E-state index contributed by atoms with van der Waals surface area (Å²) < 4.78 is 26.4. The zero-order valence-electron chi connectivity index (χ0n) is 21.2. The lowest BCUT2D eigenvalue weighted by atomic mass is 10.1. The molecule has 5 rings (SSSR count). The largest absolute Gasteiger partial charge is 0.422 e. The summed E-state index contributed by atoms with van der Waals surface area (Å²) >= 11 is 0. The fourth-order valence-electron chi connectivity index (χ4n) is 6.07. The highest BCUT2D eigenvalue weighted by Gasteiger charge is 2.54. The first-order valence-corrected chi connectivity index (χ1v) is 17.3. The monoisotopic (exact) mass is 504 g/mol. The third-order valence-electron chi connectivity index (χ3n) is 8.33. The summed E-state index contributed by atoms with van der Waals surface area (Å²) in [7, 11) is -5.14. The second kappa shape index (κ2) is 9.97. The van der Waals surface area contributed by atoms with Gasteiger partial charge in [0.25, 0.3) is 0 Å². The van der Waals surface area contributed by atoms with Crippen molar-refractivity contribution in [3.63, 3.8) is 0 Å². The molecule has 2 atom stereocenters. The second-order valence-electron chi connectivity index (χ2n) is 9.85. The van der Waals surface area contributed by atoms with E-state index in [9.17, 15) is 0 Å². The predicted octanol–water partition coefficient (Wildman–Crippen LogP) is 7.54. The van der Waals surface area contributed by atoms with Gasteiger partial charge >= 0.3 is 7.67 Å². The Bertz CT molecular complexity index is 1190. The molecule has 0 amide bonds. The minimum absolute atomic E-state index is 0.277. The van der Waals surface area contributed by atoms with Gasteiger partial charge in [0.2, 0.25) is 0 Å². The van der Waals surface area contributed by atoms with Crippen molar-refractivity contribution < 1.29 is 9.09 Å². The van der Waals surface area contributed by atoms with E-state index >= 15 is 4.57 Å². The van der Waals surface area contributed by atoms with Gasteiger partial charge in [0.1, 0.15) is 5.75 Å². The van der Waals surface area contributed by atoms with Crippen LogP contribution in [0.3, 0.4) is 0 Å². The summed E-state index contributed by atoms with van der Waals surface area (Å²) in [6, 6.07) is 30.9. The number of hydrogen-bond acceptors (Lipinski definition) is 2. The topological polar surface area (TPSA) is 32.8 Å². The summed E-state index contributed by atoms with van der Waals surface area (Å²) in [5, 5.41) is 1.32. The maximum atomic E-state index is 15.1. The van der Waals surface area contributed by atoms with Gasteiger partial charge in [0, 0.05) is 30.4 Å². The molecule has 0 aromatic heterocycles. The lowest BCUT2D eigenvalue weighted by molar-refractivity contribution is 0.375. The van der Waals surface area contributed by atoms with Crippen LogP contribution in [0.15, 0.2) is 78.9 Å². The molecule has 2 aliphatic heterocycles. The Morgan fingerprint density at radius 3 is 2.20 bits per heavy atom. The first-order chi connectivity index (χ1) is 17.1. The second-order valence-corrected chi connectivity index (χ2v) is 17.2. The number of rotatable bonds is 8. The van der Waals surface area contributed by atoms with E-state index in [4.69, 9.17) is 4.52 Å². The van der Waals surface area contributed by atoms with E-state index < -0.39 is 15.7 Å². The first-order valence-electron chi connectivity index (χ1n) is 13.1. The van der Waals surface area contributed by atoms with Gasteiger partial charge in [-0.3, -0.25) is 4.67 Å². The summed E-state index contributed by atoms with van der Waals surface area (Å²) in [5.74, 6) is 0.854. The van der Waals surface area contributed by atoms with Crippen LogP contribution in [0, 0.1) is 0 Å². The lowest BCUT2D eigenvalue weighted by Gasteiger charge is -2.35. The molecule has 0 bridgehead atoms. The number of fused-ring (bicyclic) bond motifs is 1. The molecule has 0 N–H and O–H groups in total. The standard InChI is InChI=1S/C29H37N2O2PSi/c1-4-35(5-2,6-3)28-21-13-20-27(24-15-9-7-10-16-24)29(28)33-34(32)30-22-14-19-26(30)23-31(34)25-17-11-8-12-18-25/h7-13,15-18,20-21,26H,4-6,14,19,22-23H2,1-3H3/t26-,34+/m0/s1. The SMILES string of the molecule is CC[Si](CC)(CC)c1cccc(-c2ccccc2)c1O[P@@]1(=O)N(c2ccccc2)C[C@@H]2CCCN21. The van der Waals surface area contributed by atoms with Crippen LogP contribution in [0.4, 0.5) is 5.69 Å². The molecule has 35 heavy (non-hydrogen) atoms. The van der Waals surface area contributed by atoms with Gasteiger partial charge in [-0.25, -0.2) is 4.57 Å². The van der Waals surface area contributed by atoms with Crippen LogP contribution in [0.1, 0.15) is 33.6 Å². The van der Waals surface area contributed by atoms with E-state index in [-0.39, 0.29) is 6.04 Å². The average Bonchev–Trinajstić information content (AvgIpc) is 3.49. The summed E-state index contributed by atoms with van der Waals surface area (Å²) in [4.78, 5) is 0. The maximum Gasteiger partial charge on any atom is 0.422 e. The van der Waals surface area contributed by atoms with Gasteiger partial charge < -0.3 is 4.52 Å². The quantitative estimate of drug-likeness (QED) is 0.234. The van der Waals surface area contributed by atoms with Crippen molar-refractivity contribution in [2.24, 2.45) is 0 Å². The van der Waals surface area contributed by atoms with Crippen LogP contribution in [0.2, 0.25) is 18.1 Å². The molecule has 0 unspecified atom stereocenters. The van der Waals surface area contributed by atoms with Crippen LogP contribution in [-0.2, 0) is 4.57 Å². The van der Waals surface area contributed by atoms with E-state index in [1.807, 2.05) is 24.3 Å². The van der Waals surface area contributed by atoms with E-state index in [2.05, 4.69) is 84.7 Å². The molecule has 2 heterocycles. The normalized spacial score (nSPS) is 22.4. The first kappa shape index (κ1) is 24.4. The molecule has 3 aromatic carbocycles. The van der Waals surface area contributed by atoms with Crippen molar-refractivity contribution in [1.82, 2.24) is 4.67 Å². The van der Waals surface area contributed by atoms with Crippen molar-refractivity contribution in [1.29, 1.82) is 0 Å². The molecule has 2 fully saturated rings. The molecule has 4 nitrogen and oxygen atoms in total. The zero-order valence-corrected chi connectivity index (χ0v) is 23.1. The number of anilines is 1. The average molecular weight is 505 g/mol. The molecule has 2 saturated heterocycles. The molecule has 0 radical (unpaired) electrons. The Morgan fingerprint density at radius 1 is 0.886 bits per heavy atom. The van der Waals surface area contributed by atoms with Crippen molar-refractivity contribution in [2.45, 2.75) is 57.8 Å². The third-order valence-corrected chi connectivity index (χ3v) is 16.5. The fraction of sp³-hybridized carbons (Fsp3) is 0.379. The third kappa shape index (κ3) is 4.18. The number of para-hydroxylation sites is 2. The fourth-order valence-corrected chi connectivity index (χ4v) is 12.6. The van der Waals surface area contributed by atoms with Gasteiger partial charge in [-0.2, -0.15) is 4.67 Å². The molecule has 3 aromatic rings. The van der Waals surface area contributed by atoms with Gasteiger partial charge in [-0.15, -0.1) is 0 Å². The van der Waals surface area contributed by atoms with Gasteiger partial charge in [-0.1, -0.05) is 106 Å². The minimum atomic E-state index is -3.31. The number of hydrogen-bond donors (Lipinski definition) is 0. The van der Waals surface area contributed by atoms with Gasteiger partial charge in [0.15, 0.2) is 0 Å². The Hall–Kier alpha value is -2.33. The molecular weight excluding hydrogens is 467 g/mol. The van der Waals surface area contributed by atoms with E-state index in [1.54, 1.807) is 0 Å². The zero-order chi connectivity index (χ0) is 24.5. The summed E-state index contributed by atoms with van der Waals surface area (Å²) in [5.41, 5.74) is 3.15. The molecular formula is C29H37N2O2PSi. The number of benzene rings is 3. The minimum Gasteiger partial charge on any atom is -0.417 e. The van der Waals surface area contributed by atoms with Crippen LogP contribution in [0.25, 0.3) is 11.1 Å². The van der Waals surface area contributed by atoms with E-state index in [0.717, 1.165) is 66.6 Å². The molecule has 6 heteroatoms. The molecule has 2 aliphatic rings. The molecule has 0 aliphatic carbocycles. The maximum absolute atomic E-state index is 15.1. The van der Waals surface area contributed by atoms with E-state index in [1.165, 1.54) is 5.19 Å². The van der Waals surface area contributed by atoms with Gasteiger partial charge in [-0.05, 0) is 35.7 Å². The van der Waals surface area contributed by atoms with Crippen molar-refractivity contribution in [3.05, 3.63) is 78.9 Å². The Kier molecular flexibility index (Phi) is 6.94. The highest BCUT2D eigenvalue weighted by molar-refractivity contribution is 7.59. The molecule has 0 spiro atoms. The van der Waals surface area contributed by atoms with Gasteiger partial charge in [0.05, 0.1) is 8.07 Å². The Morgan fingerprint density at radius 2 is 1.54 bits per heavy atom. The smallest absolute Gasteiger partial charge is 0.417 e. The van der Waals surface area contributed by atoms with Crippen LogP contribution in [0.5, 0.6) is 5.75 Å². The van der Waals surface area contributed by atoms with Crippen LogP contribution in [-0.4, -0.2) is 31.9 Å². The van der Waals surface area contributed by atoms with Crippen molar-refractivity contribution in [3.8, 4) is 16.9 Å². The molecule has 0 saturated carbocycles.